The number of rotatable bonds is 5. The molecule has 1 saturated heterocycles. The van der Waals surface area contributed by atoms with Crippen LogP contribution >= 0.6 is 0 Å². The van der Waals surface area contributed by atoms with Gasteiger partial charge >= 0.3 is 0 Å². The van der Waals surface area contributed by atoms with Gasteiger partial charge < -0.3 is 14.9 Å². The fourth-order valence-electron chi connectivity index (χ4n) is 3.48. The zero-order chi connectivity index (χ0) is 15.4. The first kappa shape index (κ1) is 16.5. The number of hydrogen-bond donors (Lipinski definition) is 1. The molecule has 120 valence electrons. The first-order valence-corrected chi connectivity index (χ1v) is 8.01. The molecule has 1 heterocycles. The van der Waals surface area contributed by atoms with Gasteiger partial charge in [0, 0.05) is 25.7 Å². The summed E-state index contributed by atoms with van der Waals surface area (Å²) in [6, 6.07) is 0.186. The Morgan fingerprint density at radius 1 is 1.24 bits per heavy atom. The van der Waals surface area contributed by atoms with Crippen molar-refractivity contribution in [2.75, 3.05) is 40.8 Å². The van der Waals surface area contributed by atoms with Gasteiger partial charge in [0.15, 0.2) is 0 Å². The molecule has 1 aliphatic heterocycles. The van der Waals surface area contributed by atoms with Gasteiger partial charge in [0.2, 0.25) is 5.91 Å². The van der Waals surface area contributed by atoms with E-state index in [9.17, 15) is 9.90 Å². The largest absolute Gasteiger partial charge is 0.389 e. The van der Waals surface area contributed by atoms with Gasteiger partial charge in [-0.15, -0.1) is 0 Å². The second-order valence-corrected chi connectivity index (χ2v) is 6.56. The maximum atomic E-state index is 12.2. The topological polar surface area (TPSA) is 47.0 Å². The predicted octanol–water partition coefficient (Wildman–Crippen LogP) is 0.550. The van der Waals surface area contributed by atoms with Crippen molar-refractivity contribution >= 4 is 5.91 Å². The van der Waals surface area contributed by atoms with Gasteiger partial charge in [0.05, 0.1) is 12.1 Å². The van der Waals surface area contributed by atoms with Crippen LogP contribution in [0.3, 0.4) is 0 Å². The molecule has 3 atom stereocenters. The highest BCUT2D eigenvalue weighted by molar-refractivity contribution is 5.87. The van der Waals surface area contributed by atoms with E-state index < -0.39 is 6.10 Å². The lowest BCUT2D eigenvalue weighted by atomic mass is 10.1. The van der Waals surface area contributed by atoms with Crippen LogP contribution in [-0.2, 0) is 4.79 Å². The number of carbonyl (C=O) groups excluding carboxylic acids is 1. The van der Waals surface area contributed by atoms with Crippen LogP contribution in [0.25, 0.3) is 0 Å². The third kappa shape index (κ3) is 4.05. The Hall–Kier alpha value is -0.910. The van der Waals surface area contributed by atoms with Crippen molar-refractivity contribution < 1.29 is 9.90 Å². The maximum Gasteiger partial charge on any atom is 0.246 e. The number of aliphatic hydroxyl groups is 1. The van der Waals surface area contributed by atoms with E-state index in [4.69, 9.17) is 0 Å². The summed E-state index contributed by atoms with van der Waals surface area (Å²) in [7, 11) is 5.75. The van der Waals surface area contributed by atoms with Gasteiger partial charge in [-0.25, -0.2) is 0 Å². The number of amides is 1. The van der Waals surface area contributed by atoms with Crippen LogP contribution in [0.5, 0.6) is 0 Å². The molecule has 2 fully saturated rings. The molecule has 1 saturated carbocycles. The molecule has 1 aliphatic carbocycles. The van der Waals surface area contributed by atoms with Crippen LogP contribution in [0.4, 0.5) is 0 Å². The summed E-state index contributed by atoms with van der Waals surface area (Å²) < 4.78 is 0. The third-order valence-corrected chi connectivity index (χ3v) is 4.73. The standard InChI is InChI=1S/C16H29N3O2/c1-17(2)10-6-7-15(20)18(3)13-8-9-14(16(13)21)19-11-4-5-12-19/h6-7,13-14,16,21H,4-5,8-12H2,1-3H3/t13-,14-,16-/m1/s1. The molecular formula is C16H29N3O2. The van der Waals surface area contributed by atoms with Crippen molar-refractivity contribution in [3.63, 3.8) is 0 Å². The van der Waals surface area contributed by atoms with E-state index in [1.807, 2.05) is 32.1 Å². The molecule has 0 unspecified atom stereocenters. The highest BCUT2D eigenvalue weighted by atomic mass is 16.3. The van der Waals surface area contributed by atoms with Crippen LogP contribution < -0.4 is 0 Å². The smallest absolute Gasteiger partial charge is 0.246 e. The molecule has 0 aromatic rings. The third-order valence-electron chi connectivity index (χ3n) is 4.73. The van der Waals surface area contributed by atoms with Crippen molar-refractivity contribution in [3.8, 4) is 0 Å². The number of nitrogens with zero attached hydrogens (tertiary/aromatic N) is 3. The summed E-state index contributed by atoms with van der Waals surface area (Å²) in [4.78, 5) is 18.3. The molecule has 0 bridgehead atoms. The lowest BCUT2D eigenvalue weighted by Crippen LogP contribution is -2.48. The normalized spacial score (nSPS) is 30.6. The Labute approximate surface area is 128 Å². The molecular weight excluding hydrogens is 266 g/mol. The fraction of sp³-hybridized carbons (Fsp3) is 0.812. The maximum absolute atomic E-state index is 12.2. The first-order chi connectivity index (χ1) is 10.0. The van der Waals surface area contributed by atoms with Gasteiger partial charge in [0.25, 0.3) is 0 Å². The lowest BCUT2D eigenvalue weighted by Gasteiger charge is -2.31. The SMILES string of the molecule is CN(C)CC=CC(=O)N(C)[C@@H]1CC[C@@H](N2CCCC2)[C@@H]1O. The lowest BCUT2D eigenvalue weighted by molar-refractivity contribution is -0.128. The Balaban J connectivity index is 1.89. The highest BCUT2D eigenvalue weighted by Crippen LogP contribution is 2.30. The minimum Gasteiger partial charge on any atom is -0.389 e. The summed E-state index contributed by atoms with van der Waals surface area (Å²) in [5.41, 5.74) is 0. The van der Waals surface area contributed by atoms with Crippen LogP contribution in [0.1, 0.15) is 25.7 Å². The zero-order valence-corrected chi connectivity index (χ0v) is 13.5. The summed E-state index contributed by atoms with van der Waals surface area (Å²) in [6.45, 7) is 2.94. The Morgan fingerprint density at radius 2 is 1.90 bits per heavy atom. The Kier molecular flexibility index (Phi) is 5.79. The molecule has 2 rings (SSSR count). The van der Waals surface area contributed by atoms with Crippen LogP contribution in [0.15, 0.2) is 12.2 Å². The van der Waals surface area contributed by atoms with Gasteiger partial charge in [0.1, 0.15) is 0 Å². The zero-order valence-electron chi connectivity index (χ0n) is 13.5. The quantitative estimate of drug-likeness (QED) is 0.753. The monoisotopic (exact) mass is 295 g/mol. The van der Waals surface area contributed by atoms with E-state index in [1.165, 1.54) is 12.8 Å². The Morgan fingerprint density at radius 3 is 2.52 bits per heavy atom. The van der Waals surface area contributed by atoms with E-state index in [1.54, 1.807) is 11.0 Å². The second-order valence-electron chi connectivity index (χ2n) is 6.56. The van der Waals surface area contributed by atoms with Crippen LogP contribution in [0.2, 0.25) is 0 Å². The van der Waals surface area contributed by atoms with E-state index in [-0.39, 0.29) is 18.0 Å². The van der Waals surface area contributed by atoms with Crippen molar-refractivity contribution in [1.82, 2.24) is 14.7 Å². The molecule has 2 aliphatic rings. The molecule has 0 aromatic carbocycles. The summed E-state index contributed by atoms with van der Waals surface area (Å²) in [6.07, 6.45) is 7.43. The number of carbonyl (C=O) groups is 1. The van der Waals surface area contributed by atoms with E-state index in [0.29, 0.717) is 0 Å². The molecule has 0 radical (unpaired) electrons. The average molecular weight is 295 g/mol. The van der Waals surface area contributed by atoms with Gasteiger partial charge in [-0.2, -0.15) is 0 Å². The predicted molar refractivity (Wildman–Crippen MR) is 84.1 cm³/mol. The Bertz CT molecular complexity index is 378. The first-order valence-electron chi connectivity index (χ1n) is 8.01. The number of hydrogen-bond acceptors (Lipinski definition) is 4. The summed E-state index contributed by atoms with van der Waals surface area (Å²) >= 11 is 0. The summed E-state index contributed by atoms with van der Waals surface area (Å²) in [5.74, 6) is -0.0111. The summed E-state index contributed by atoms with van der Waals surface area (Å²) in [5, 5.41) is 10.6. The van der Waals surface area contributed by atoms with Crippen molar-refractivity contribution in [1.29, 1.82) is 0 Å². The molecule has 0 aromatic heterocycles. The van der Waals surface area contributed by atoms with E-state index >= 15 is 0 Å². The van der Waals surface area contributed by atoms with Gasteiger partial charge in [-0.1, -0.05) is 6.08 Å². The second kappa shape index (κ2) is 7.38. The van der Waals surface area contributed by atoms with Gasteiger partial charge in [-0.3, -0.25) is 9.69 Å². The molecule has 0 spiro atoms. The highest BCUT2D eigenvalue weighted by Gasteiger charge is 2.41. The molecule has 5 heteroatoms. The van der Waals surface area contributed by atoms with Gasteiger partial charge in [-0.05, 0) is 52.9 Å². The minimum absolute atomic E-state index is 0.0111. The number of aliphatic hydroxyl groups excluding tert-OH is 1. The number of likely N-dealkylation sites (N-methyl/N-ethyl adjacent to an activating group) is 2. The molecule has 1 N–H and O–H groups in total. The minimum atomic E-state index is -0.417. The molecule has 5 nitrogen and oxygen atoms in total. The van der Waals surface area contributed by atoms with Crippen molar-refractivity contribution in [3.05, 3.63) is 12.2 Å². The fourth-order valence-corrected chi connectivity index (χ4v) is 3.48. The molecule has 1 amide bonds. The average Bonchev–Trinajstić information content (AvgIpc) is 3.06. The van der Waals surface area contributed by atoms with E-state index in [2.05, 4.69) is 4.90 Å². The van der Waals surface area contributed by atoms with Crippen molar-refractivity contribution in [2.45, 2.75) is 43.9 Å². The number of likely N-dealkylation sites (tertiary alicyclic amines) is 1. The van der Waals surface area contributed by atoms with E-state index in [0.717, 1.165) is 32.5 Å². The van der Waals surface area contributed by atoms with Crippen LogP contribution in [0, 0.1) is 0 Å². The molecule has 21 heavy (non-hydrogen) atoms. The van der Waals surface area contributed by atoms with Crippen molar-refractivity contribution in [2.24, 2.45) is 0 Å². The van der Waals surface area contributed by atoms with Crippen LogP contribution in [-0.4, -0.2) is 84.7 Å².